The third-order valence-electron chi connectivity index (χ3n) is 3.95. The quantitative estimate of drug-likeness (QED) is 0.802. The van der Waals surface area contributed by atoms with Crippen LogP contribution in [0.1, 0.15) is 59.8 Å². The first-order valence-electron chi connectivity index (χ1n) is 7.42. The summed E-state index contributed by atoms with van der Waals surface area (Å²) in [6.45, 7) is 4.28. The number of thiazole rings is 1. The second kappa shape index (κ2) is 7.02. The van der Waals surface area contributed by atoms with Crippen molar-refractivity contribution in [2.45, 2.75) is 45.6 Å². The molecule has 0 spiro atoms. The molecule has 1 amide bonds. The van der Waals surface area contributed by atoms with Gasteiger partial charge in [-0.2, -0.15) is 0 Å². The minimum absolute atomic E-state index is 0.110. The Kier molecular flexibility index (Phi) is 5.33. The third-order valence-corrected chi connectivity index (χ3v) is 4.77. The van der Waals surface area contributed by atoms with Crippen LogP contribution in [0.2, 0.25) is 0 Å². The maximum atomic E-state index is 12.5. The molecule has 1 fully saturated rings. The van der Waals surface area contributed by atoms with E-state index in [-0.39, 0.29) is 17.0 Å². The van der Waals surface area contributed by atoms with Crippen molar-refractivity contribution in [3.05, 3.63) is 16.1 Å². The molecule has 2 rings (SSSR count). The van der Waals surface area contributed by atoms with Gasteiger partial charge < -0.3 is 9.64 Å². The van der Waals surface area contributed by atoms with Crippen molar-refractivity contribution < 1.29 is 14.3 Å². The Morgan fingerprint density at radius 2 is 2.24 bits per heavy atom. The first kappa shape index (κ1) is 15.9. The molecule has 2 atom stereocenters. The van der Waals surface area contributed by atoms with Gasteiger partial charge in [0, 0.05) is 18.5 Å². The smallest absolute Gasteiger partial charge is 0.367 e. The molecule has 21 heavy (non-hydrogen) atoms. The Bertz CT molecular complexity index is 515. The summed E-state index contributed by atoms with van der Waals surface area (Å²) in [5.41, 5.74) is 0.337. The van der Waals surface area contributed by atoms with Gasteiger partial charge in [-0.1, -0.05) is 19.8 Å². The molecule has 0 saturated heterocycles. The molecule has 0 radical (unpaired) electrons. The van der Waals surface area contributed by atoms with E-state index in [1.807, 2.05) is 7.05 Å². The molecule has 0 aliphatic heterocycles. The zero-order valence-electron chi connectivity index (χ0n) is 12.8. The molecular weight excluding hydrogens is 288 g/mol. The summed E-state index contributed by atoms with van der Waals surface area (Å²) in [7, 11) is 1.83. The van der Waals surface area contributed by atoms with Crippen molar-refractivity contribution in [1.29, 1.82) is 0 Å². The molecule has 1 aliphatic rings. The molecule has 116 valence electrons. The van der Waals surface area contributed by atoms with Gasteiger partial charge in [-0.25, -0.2) is 9.78 Å². The maximum absolute atomic E-state index is 12.5. The number of carbonyl (C=O) groups is 2. The van der Waals surface area contributed by atoms with E-state index in [2.05, 4.69) is 11.9 Å². The average Bonchev–Trinajstić information content (AvgIpc) is 2.96. The fraction of sp³-hybridized carbons (Fsp3) is 0.667. The zero-order chi connectivity index (χ0) is 15.4. The van der Waals surface area contributed by atoms with Gasteiger partial charge in [0.25, 0.3) is 5.91 Å². The van der Waals surface area contributed by atoms with Crippen molar-refractivity contribution in [2.75, 3.05) is 13.7 Å². The fourth-order valence-electron chi connectivity index (χ4n) is 2.76. The van der Waals surface area contributed by atoms with E-state index in [1.165, 1.54) is 6.42 Å². The van der Waals surface area contributed by atoms with Crippen molar-refractivity contribution in [3.8, 4) is 0 Å². The van der Waals surface area contributed by atoms with E-state index < -0.39 is 5.97 Å². The van der Waals surface area contributed by atoms with Crippen LogP contribution in [0.4, 0.5) is 0 Å². The lowest BCUT2D eigenvalue weighted by Crippen LogP contribution is -2.40. The lowest BCUT2D eigenvalue weighted by molar-refractivity contribution is 0.0525. The molecular formula is C15H22N2O3S. The SMILES string of the molecule is CCOC(=O)c1nc(C(=O)N(C)C2CCCC(C)C2)cs1. The summed E-state index contributed by atoms with van der Waals surface area (Å²) in [5, 5.41) is 1.88. The van der Waals surface area contributed by atoms with E-state index in [0.717, 1.165) is 30.6 Å². The van der Waals surface area contributed by atoms with Gasteiger partial charge in [0.15, 0.2) is 0 Å². The molecule has 1 heterocycles. The van der Waals surface area contributed by atoms with E-state index in [9.17, 15) is 9.59 Å². The van der Waals surface area contributed by atoms with Crippen LogP contribution < -0.4 is 0 Å². The highest BCUT2D eigenvalue weighted by molar-refractivity contribution is 7.11. The molecule has 0 bridgehead atoms. The Labute approximate surface area is 129 Å². The number of hydrogen-bond acceptors (Lipinski definition) is 5. The topological polar surface area (TPSA) is 59.5 Å². The largest absolute Gasteiger partial charge is 0.461 e. The lowest BCUT2D eigenvalue weighted by atomic mass is 9.86. The standard InChI is InChI=1S/C15H22N2O3S/c1-4-20-15(19)13-16-12(9-21-13)14(18)17(3)11-7-5-6-10(2)8-11/h9-11H,4-8H2,1-3H3. The molecule has 1 saturated carbocycles. The first-order valence-corrected chi connectivity index (χ1v) is 8.30. The molecule has 0 aromatic carbocycles. The normalized spacial score (nSPS) is 21.9. The van der Waals surface area contributed by atoms with Crippen molar-refractivity contribution >= 4 is 23.2 Å². The highest BCUT2D eigenvalue weighted by Gasteiger charge is 2.27. The van der Waals surface area contributed by atoms with Crippen LogP contribution in [0, 0.1) is 5.92 Å². The predicted octanol–water partition coefficient (Wildman–Crippen LogP) is 2.97. The second-order valence-corrected chi connectivity index (χ2v) is 6.46. The van der Waals surface area contributed by atoms with E-state index in [4.69, 9.17) is 4.74 Å². The number of aromatic nitrogens is 1. The number of esters is 1. The predicted molar refractivity (Wildman–Crippen MR) is 81.6 cm³/mol. The van der Waals surface area contributed by atoms with E-state index in [0.29, 0.717) is 18.2 Å². The monoisotopic (exact) mass is 310 g/mol. The number of ether oxygens (including phenoxy) is 1. The Morgan fingerprint density at radius 3 is 2.90 bits per heavy atom. The molecule has 1 aromatic heterocycles. The highest BCUT2D eigenvalue weighted by Crippen LogP contribution is 2.27. The lowest BCUT2D eigenvalue weighted by Gasteiger charge is -2.33. The second-order valence-electron chi connectivity index (χ2n) is 5.60. The molecule has 1 aliphatic carbocycles. The Balaban J connectivity index is 2.03. The number of rotatable bonds is 4. The first-order chi connectivity index (χ1) is 10.0. The Hall–Kier alpha value is -1.43. The molecule has 1 aromatic rings. The van der Waals surface area contributed by atoms with Crippen LogP contribution in [-0.4, -0.2) is 41.5 Å². The van der Waals surface area contributed by atoms with Crippen LogP contribution in [-0.2, 0) is 4.74 Å². The fourth-order valence-corrected chi connectivity index (χ4v) is 3.44. The van der Waals surface area contributed by atoms with Gasteiger partial charge in [-0.15, -0.1) is 11.3 Å². The third kappa shape index (κ3) is 3.81. The minimum Gasteiger partial charge on any atom is -0.461 e. The van der Waals surface area contributed by atoms with Gasteiger partial charge >= 0.3 is 5.97 Å². The number of amides is 1. The number of carbonyl (C=O) groups excluding carboxylic acids is 2. The van der Waals surface area contributed by atoms with Crippen molar-refractivity contribution in [3.63, 3.8) is 0 Å². The van der Waals surface area contributed by atoms with Crippen LogP contribution in [0.5, 0.6) is 0 Å². The number of hydrogen-bond donors (Lipinski definition) is 0. The molecule has 6 heteroatoms. The van der Waals surface area contributed by atoms with Crippen LogP contribution in [0.3, 0.4) is 0 Å². The van der Waals surface area contributed by atoms with E-state index >= 15 is 0 Å². The van der Waals surface area contributed by atoms with Gasteiger partial charge in [0.2, 0.25) is 5.01 Å². The average molecular weight is 310 g/mol. The molecule has 5 nitrogen and oxygen atoms in total. The molecule has 2 unspecified atom stereocenters. The highest BCUT2D eigenvalue weighted by atomic mass is 32.1. The van der Waals surface area contributed by atoms with Crippen molar-refractivity contribution in [1.82, 2.24) is 9.88 Å². The summed E-state index contributed by atoms with van der Waals surface area (Å²) in [6.07, 6.45) is 4.48. The van der Waals surface area contributed by atoms with Gasteiger partial charge in [0.05, 0.1) is 6.61 Å². The van der Waals surface area contributed by atoms with E-state index in [1.54, 1.807) is 17.2 Å². The summed E-state index contributed by atoms with van der Waals surface area (Å²) in [5.74, 6) is 0.0842. The maximum Gasteiger partial charge on any atom is 0.367 e. The Morgan fingerprint density at radius 1 is 1.48 bits per heavy atom. The summed E-state index contributed by atoms with van der Waals surface area (Å²) in [6, 6.07) is 0.272. The summed E-state index contributed by atoms with van der Waals surface area (Å²) >= 11 is 1.16. The van der Waals surface area contributed by atoms with Gasteiger partial charge in [0.1, 0.15) is 5.69 Å². The van der Waals surface area contributed by atoms with Gasteiger partial charge in [-0.05, 0) is 25.7 Å². The molecule has 0 N–H and O–H groups in total. The van der Waals surface area contributed by atoms with Gasteiger partial charge in [-0.3, -0.25) is 4.79 Å². The minimum atomic E-state index is -0.463. The summed E-state index contributed by atoms with van der Waals surface area (Å²) in [4.78, 5) is 30.0. The van der Waals surface area contributed by atoms with Crippen LogP contribution in [0.15, 0.2) is 5.38 Å². The van der Waals surface area contributed by atoms with Crippen LogP contribution in [0.25, 0.3) is 0 Å². The zero-order valence-corrected chi connectivity index (χ0v) is 13.6. The number of nitrogens with zero attached hydrogens (tertiary/aromatic N) is 2. The summed E-state index contributed by atoms with van der Waals surface area (Å²) < 4.78 is 4.90. The van der Waals surface area contributed by atoms with Crippen molar-refractivity contribution in [2.24, 2.45) is 5.92 Å². The van der Waals surface area contributed by atoms with Crippen LogP contribution >= 0.6 is 11.3 Å².